The van der Waals surface area contributed by atoms with E-state index in [1.165, 1.54) is 10.4 Å². The van der Waals surface area contributed by atoms with Gasteiger partial charge >= 0.3 is 0 Å². The Balaban J connectivity index is 2.16. The van der Waals surface area contributed by atoms with E-state index in [4.69, 9.17) is 0 Å². The molecular weight excluding hydrogens is 180 g/mol. The summed E-state index contributed by atoms with van der Waals surface area (Å²) < 4.78 is 0. The highest BCUT2D eigenvalue weighted by Crippen LogP contribution is 2.26. The SMILES string of the molecule is C1=CN2C=Cc3ccsc3C=C2N1. The number of thiophene rings is 1. The van der Waals surface area contributed by atoms with Gasteiger partial charge < -0.3 is 10.2 Å². The topological polar surface area (TPSA) is 15.3 Å². The van der Waals surface area contributed by atoms with Gasteiger partial charge in [0.2, 0.25) is 0 Å². The van der Waals surface area contributed by atoms with Gasteiger partial charge in [0.05, 0.1) is 0 Å². The number of nitrogens with zero attached hydrogens (tertiary/aromatic N) is 1. The van der Waals surface area contributed by atoms with Crippen molar-refractivity contribution in [2.75, 3.05) is 0 Å². The van der Waals surface area contributed by atoms with Crippen molar-refractivity contribution in [3.05, 3.63) is 46.3 Å². The molecule has 1 N–H and O–H groups in total. The average molecular weight is 188 g/mol. The quantitative estimate of drug-likeness (QED) is 0.672. The molecule has 2 nitrogen and oxygen atoms in total. The maximum absolute atomic E-state index is 3.19. The third-order valence-corrected chi connectivity index (χ3v) is 3.03. The van der Waals surface area contributed by atoms with Crippen LogP contribution in [-0.4, -0.2) is 4.90 Å². The zero-order valence-corrected chi connectivity index (χ0v) is 7.71. The van der Waals surface area contributed by atoms with Crippen molar-refractivity contribution in [3.8, 4) is 0 Å². The molecule has 2 aliphatic rings. The predicted molar refractivity (Wildman–Crippen MR) is 55.4 cm³/mol. The molecule has 1 aromatic heterocycles. The Morgan fingerprint density at radius 3 is 3.31 bits per heavy atom. The average Bonchev–Trinajstić information content (AvgIpc) is 2.72. The van der Waals surface area contributed by atoms with Crippen LogP contribution >= 0.6 is 11.3 Å². The molecule has 0 aliphatic carbocycles. The van der Waals surface area contributed by atoms with Crippen LogP contribution in [-0.2, 0) is 0 Å². The maximum atomic E-state index is 3.19. The molecule has 1 aromatic rings. The molecule has 0 saturated carbocycles. The summed E-state index contributed by atoms with van der Waals surface area (Å²) in [7, 11) is 0. The molecule has 0 radical (unpaired) electrons. The molecule has 0 amide bonds. The van der Waals surface area contributed by atoms with Crippen LogP contribution in [0.3, 0.4) is 0 Å². The summed E-state index contributed by atoms with van der Waals surface area (Å²) in [6, 6.07) is 2.14. The van der Waals surface area contributed by atoms with Gasteiger partial charge in [0.15, 0.2) is 0 Å². The lowest BCUT2D eigenvalue weighted by atomic mass is 10.2. The third kappa shape index (κ3) is 1.01. The fourth-order valence-corrected chi connectivity index (χ4v) is 2.29. The van der Waals surface area contributed by atoms with Gasteiger partial charge in [0.25, 0.3) is 0 Å². The van der Waals surface area contributed by atoms with Gasteiger partial charge in [-0.3, -0.25) is 0 Å². The van der Waals surface area contributed by atoms with Gasteiger partial charge in [-0.2, -0.15) is 0 Å². The monoisotopic (exact) mass is 188 g/mol. The molecule has 0 bridgehead atoms. The first-order chi connectivity index (χ1) is 6.43. The van der Waals surface area contributed by atoms with Crippen LogP contribution in [0, 0.1) is 0 Å². The van der Waals surface area contributed by atoms with Crippen LogP contribution < -0.4 is 5.32 Å². The number of hydrogen-bond donors (Lipinski definition) is 1. The Morgan fingerprint density at radius 1 is 1.31 bits per heavy atom. The maximum Gasteiger partial charge on any atom is 0.115 e. The molecule has 3 heteroatoms. The molecule has 3 heterocycles. The standard InChI is InChI=1S/C10H8N2S/c1-4-12-5-3-11-10(12)7-9-8(1)2-6-13-9/h1-7,11H. The first kappa shape index (κ1) is 6.97. The van der Waals surface area contributed by atoms with Crippen LogP contribution in [0.1, 0.15) is 10.4 Å². The summed E-state index contributed by atoms with van der Waals surface area (Å²) in [6.45, 7) is 0. The van der Waals surface area contributed by atoms with Crippen LogP contribution in [0.2, 0.25) is 0 Å². The van der Waals surface area contributed by atoms with Crippen LogP contribution in [0.5, 0.6) is 0 Å². The smallest absolute Gasteiger partial charge is 0.115 e. The van der Waals surface area contributed by atoms with Gasteiger partial charge in [-0.15, -0.1) is 11.3 Å². The van der Waals surface area contributed by atoms with Crippen molar-refractivity contribution >= 4 is 23.5 Å². The summed E-state index contributed by atoms with van der Waals surface area (Å²) in [6.07, 6.45) is 10.3. The minimum atomic E-state index is 1.12. The Bertz CT molecular complexity index is 426. The van der Waals surface area contributed by atoms with Gasteiger partial charge in [-0.1, -0.05) is 0 Å². The number of fused-ring (bicyclic) bond motifs is 2. The van der Waals surface area contributed by atoms with E-state index in [0.29, 0.717) is 0 Å². The predicted octanol–water partition coefficient (Wildman–Crippen LogP) is 2.41. The fourth-order valence-electron chi connectivity index (χ4n) is 1.47. The molecule has 0 spiro atoms. The van der Waals surface area contributed by atoms with E-state index in [0.717, 1.165) is 5.82 Å². The minimum absolute atomic E-state index is 1.12. The summed E-state index contributed by atoms with van der Waals surface area (Å²) >= 11 is 1.77. The number of nitrogens with one attached hydrogen (secondary N) is 1. The zero-order chi connectivity index (χ0) is 8.67. The Labute approximate surface area is 80.5 Å². The van der Waals surface area contributed by atoms with E-state index in [9.17, 15) is 0 Å². The first-order valence-electron chi connectivity index (χ1n) is 4.12. The normalized spacial score (nSPS) is 17.5. The number of rotatable bonds is 0. The lowest BCUT2D eigenvalue weighted by molar-refractivity contribution is 0.640. The molecule has 64 valence electrons. The number of hydrogen-bond acceptors (Lipinski definition) is 3. The van der Waals surface area contributed by atoms with Crippen LogP contribution in [0.4, 0.5) is 0 Å². The van der Waals surface area contributed by atoms with E-state index in [1.54, 1.807) is 11.3 Å². The van der Waals surface area contributed by atoms with E-state index < -0.39 is 0 Å². The van der Waals surface area contributed by atoms with E-state index in [2.05, 4.69) is 40.0 Å². The van der Waals surface area contributed by atoms with E-state index in [1.807, 2.05) is 12.4 Å². The second kappa shape index (κ2) is 2.50. The summed E-state index contributed by atoms with van der Waals surface area (Å²) in [5.74, 6) is 1.12. The molecular formula is C10H8N2S. The summed E-state index contributed by atoms with van der Waals surface area (Å²) in [5, 5.41) is 5.31. The second-order valence-electron chi connectivity index (χ2n) is 2.95. The van der Waals surface area contributed by atoms with Crippen molar-refractivity contribution in [2.45, 2.75) is 0 Å². The first-order valence-corrected chi connectivity index (χ1v) is 5.00. The lowest BCUT2D eigenvalue weighted by Gasteiger charge is -2.09. The third-order valence-electron chi connectivity index (χ3n) is 2.15. The van der Waals surface area contributed by atoms with Crippen LogP contribution in [0.15, 0.2) is 35.9 Å². The van der Waals surface area contributed by atoms with Gasteiger partial charge in [-0.25, -0.2) is 0 Å². The second-order valence-corrected chi connectivity index (χ2v) is 3.90. The summed E-state index contributed by atoms with van der Waals surface area (Å²) in [4.78, 5) is 3.39. The van der Waals surface area contributed by atoms with Crippen molar-refractivity contribution < 1.29 is 0 Å². The van der Waals surface area contributed by atoms with Crippen molar-refractivity contribution in [3.63, 3.8) is 0 Å². The van der Waals surface area contributed by atoms with Crippen molar-refractivity contribution in [1.29, 1.82) is 0 Å². The van der Waals surface area contributed by atoms with E-state index in [-0.39, 0.29) is 0 Å². The van der Waals surface area contributed by atoms with Gasteiger partial charge in [0, 0.05) is 23.5 Å². The van der Waals surface area contributed by atoms with Gasteiger partial charge in [-0.05, 0) is 29.2 Å². The molecule has 0 atom stereocenters. The molecule has 13 heavy (non-hydrogen) atoms. The molecule has 0 aromatic carbocycles. The lowest BCUT2D eigenvalue weighted by Crippen LogP contribution is -2.10. The highest BCUT2D eigenvalue weighted by atomic mass is 32.1. The molecule has 0 saturated heterocycles. The zero-order valence-electron chi connectivity index (χ0n) is 6.90. The van der Waals surface area contributed by atoms with E-state index >= 15 is 0 Å². The van der Waals surface area contributed by atoms with Crippen molar-refractivity contribution in [2.24, 2.45) is 0 Å². The molecule has 2 aliphatic heterocycles. The highest BCUT2D eigenvalue weighted by molar-refractivity contribution is 7.11. The Kier molecular flexibility index (Phi) is 1.34. The minimum Gasteiger partial charge on any atom is -0.346 e. The Morgan fingerprint density at radius 2 is 2.31 bits per heavy atom. The molecule has 3 rings (SSSR count). The van der Waals surface area contributed by atoms with Gasteiger partial charge in [0.1, 0.15) is 5.82 Å². The molecule has 0 unspecified atom stereocenters. The largest absolute Gasteiger partial charge is 0.346 e. The van der Waals surface area contributed by atoms with Crippen molar-refractivity contribution in [1.82, 2.24) is 10.2 Å². The Hall–Kier alpha value is -1.48. The molecule has 0 fully saturated rings. The summed E-state index contributed by atoms with van der Waals surface area (Å²) in [5.41, 5.74) is 1.29. The fraction of sp³-hybridized carbons (Fsp3) is 0. The van der Waals surface area contributed by atoms with Crippen LogP contribution in [0.25, 0.3) is 12.2 Å². The highest BCUT2D eigenvalue weighted by Gasteiger charge is 2.12.